The first-order valence-electron chi connectivity index (χ1n) is 7.83. The number of piperidine rings is 1. The van der Waals surface area contributed by atoms with Crippen molar-refractivity contribution in [2.75, 3.05) is 39.4 Å². The topological polar surface area (TPSA) is 33.5 Å². The molecule has 0 saturated carbocycles. The summed E-state index contributed by atoms with van der Waals surface area (Å²) in [5, 5.41) is 0. The van der Waals surface area contributed by atoms with Crippen LogP contribution < -0.4 is 0 Å². The Bertz CT molecular complexity index is 414. The molecule has 1 unspecified atom stereocenters. The summed E-state index contributed by atoms with van der Waals surface area (Å²) in [5.41, 5.74) is 0. The summed E-state index contributed by atoms with van der Waals surface area (Å²) in [6.45, 7) is 7.35. The molecule has 2 aliphatic heterocycles. The van der Waals surface area contributed by atoms with E-state index in [9.17, 15) is 0 Å². The van der Waals surface area contributed by atoms with Crippen molar-refractivity contribution in [3.8, 4) is 0 Å². The molecular formula is C15H26N4O. The van der Waals surface area contributed by atoms with Crippen LogP contribution in [0, 0.1) is 0 Å². The minimum atomic E-state index is 0.679. The first-order chi connectivity index (χ1) is 9.83. The third-order valence-electron chi connectivity index (χ3n) is 4.59. The van der Waals surface area contributed by atoms with Crippen molar-refractivity contribution in [3.63, 3.8) is 0 Å². The van der Waals surface area contributed by atoms with Crippen molar-refractivity contribution in [2.45, 2.75) is 31.8 Å². The van der Waals surface area contributed by atoms with Gasteiger partial charge in [0.1, 0.15) is 5.82 Å². The minimum absolute atomic E-state index is 0.679. The van der Waals surface area contributed by atoms with Crippen LogP contribution in [0.5, 0.6) is 0 Å². The molecule has 0 aliphatic carbocycles. The average molecular weight is 278 g/mol. The van der Waals surface area contributed by atoms with Crippen molar-refractivity contribution in [1.29, 1.82) is 0 Å². The summed E-state index contributed by atoms with van der Waals surface area (Å²) < 4.78 is 7.59. The van der Waals surface area contributed by atoms with Crippen LogP contribution in [0.4, 0.5) is 0 Å². The predicted molar refractivity (Wildman–Crippen MR) is 78.5 cm³/mol. The van der Waals surface area contributed by atoms with Crippen molar-refractivity contribution < 1.29 is 4.74 Å². The predicted octanol–water partition coefficient (Wildman–Crippen LogP) is 1.11. The van der Waals surface area contributed by atoms with E-state index < -0.39 is 0 Å². The van der Waals surface area contributed by atoms with E-state index in [1.807, 2.05) is 12.4 Å². The zero-order valence-corrected chi connectivity index (χ0v) is 12.5. The Hall–Kier alpha value is -0.910. The van der Waals surface area contributed by atoms with Gasteiger partial charge in [0.05, 0.1) is 19.8 Å². The Balaban J connectivity index is 1.59. The second kappa shape index (κ2) is 6.70. The molecule has 0 bridgehead atoms. The van der Waals surface area contributed by atoms with Gasteiger partial charge in [0.25, 0.3) is 0 Å². The number of rotatable bonds is 4. The molecule has 3 heterocycles. The third-order valence-corrected chi connectivity index (χ3v) is 4.59. The molecule has 0 spiro atoms. The average Bonchev–Trinajstić information content (AvgIpc) is 2.88. The molecule has 20 heavy (non-hydrogen) atoms. The minimum Gasteiger partial charge on any atom is -0.379 e. The van der Waals surface area contributed by atoms with Crippen LogP contribution in [-0.2, 0) is 18.3 Å². The van der Waals surface area contributed by atoms with E-state index in [0.29, 0.717) is 6.04 Å². The van der Waals surface area contributed by atoms with E-state index in [2.05, 4.69) is 26.4 Å². The van der Waals surface area contributed by atoms with Gasteiger partial charge < -0.3 is 9.30 Å². The molecule has 1 aromatic heterocycles. The van der Waals surface area contributed by atoms with Crippen molar-refractivity contribution >= 4 is 0 Å². The lowest BCUT2D eigenvalue weighted by Crippen LogP contribution is -2.49. The maximum absolute atomic E-state index is 5.45. The van der Waals surface area contributed by atoms with E-state index in [-0.39, 0.29) is 0 Å². The van der Waals surface area contributed by atoms with E-state index in [1.165, 1.54) is 38.2 Å². The van der Waals surface area contributed by atoms with Gasteiger partial charge in [-0.3, -0.25) is 9.80 Å². The number of morpholine rings is 1. The Morgan fingerprint density at radius 1 is 1.25 bits per heavy atom. The second-order valence-electron chi connectivity index (χ2n) is 5.99. The lowest BCUT2D eigenvalue weighted by molar-refractivity contribution is 0.0147. The molecule has 5 heteroatoms. The third kappa shape index (κ3) is 3.40. The largest absolute Gasteiger partial charge is 0.379 e. The lowest BCUT2D eigenvalue weighted by atomic mass is 10.0. The highest BCUT2D eigenvalue weighted by molar-refractivity contribution is 4.93. The number of ether oxygens (including phenoxy) is 1. The highest BCUT2D eigenvalue weighted by Gasteiger charge is 2.26. The first-order valence-corrected chi connectivity index (χ1v) is 7.83. The standard InChI is InChI=1S/C15H26N4O/c1-17-7-5-16-15(17)13-19-6-3-2-4-14(19)12-18-8-10-20-11-9-18/h5,7,14H,2-4,6,8-13H2,1H3. The van der Waals surface area contributed by atoms with Crippen molar-refractivity contribution in [2.24, 2.45) is 7.05 Å². The Morgan fingerprint density at radius 2 is 2.10 bits per heavy atom. The molecule has 0 aromatic carbocycles. The fraction of sp³-hybridized carbons (Fsp3) is 0.800. The van der Waals surface area contributed by atoms with E-state index >= 15 is 0 Å². The SMILES string of the molecule is Cn1ccnc1CN1CCCCC1CN1CCOCC1. The van der Waals surface area contributed by atoms with E-state index in [1.54, 1.807) is 0 Å². The van der Waals surface area contributed by atoms with Gasteiger partial charge in [-0.05, 0) is 19.4 Å². The van der Waals surface area contributed by atoms with Gasteiger partial charge >= 0.3 is 0 Å². The van der Waals surface area contributed by atoms with Gasteiger partial charge in [0, 0.05) is 45.1 Å². The fourth-order valence-electron chi connectivity index (χ4n) is 3.29. The number of hydrogen-bond donors (Lipinski definition) is 0. The van der Waals surface area contributed by atoms with Gasteiger partial charge in [-0.2, -0.15) is 0 Å². The summed E-state index contributed by atoms with van der Waals surface area (Å²) in [5.74, 6) is 1.18. The normalized spacial score (nSPS) is 25.9. The van der Waals surface area contributed by atoms with Gasteiger partial charge in [-0.15, -0.1) is 0 Å². The smallest absolute Gasteiger partial charge is 0.122 e. The molecule has 2 fully saturated rings. The van der Waals surface area contributed by atoms with Crippen molar-refractivity contribution in [3.05, 3.63) is 18.2 Å². The number of imidazole rings is 1. The van der Waals surface area contributed by atoms with Gasteiger partial charge in [-0.25, -0.2) is 4.98 Å². The first kappa shape index (κ1) is 14.0. The zero-order valence-electron chi connectivity index (χ0n) is 12.5. The van der Waals surface area contributed by atoms with Gasteiger partial charge in [0.15, 0.2) is 0 Å². The Morgan fingerprint density at radius 3 is 2.85 bits per heavy atom. The molecule has 2 aliphatic rings. The quantitative estimate of drug-likeness (QED) is 0.826. The molecule has 0 amide bonds. The van der Waals surface area contributed by atoms with E-state index in [0.717, 1.165) is 32.8 Å². The Labute approximate surface area is 121 Å². The highest BCUT2D eigenvalue weighted by Crippen LogP contribution is 2.20. The number of hydrogen-bond acceptors (Lipinski definition) is 4. The molecule has 1 atom stereocenters. The molecular weight excluding hydrogens is 252 g/mol. The molecule has 3 rings (SSSR count). The molecule has 5 nitrogen and oxygen atoms in total. The highest BCUT2D eigenvalue weighted by atomic mass is 16.5. The summed E-state index contributed by atoms with van der Waals surface area (Å²) in [7, 11) is 2.09. The van der Waals surface area contributed by atoms with Crippen LogP contribution in [0.25, 0.3) is 0 Å². The van der Waals surface area contributed by atoms with Crippen LogP contribution >= 0.6 is 0 Å². The van der Waals surface area contributed by atoms with Crippen LogP contribution in [0.15, 0.2) is 12.4 Å². The monoisotopic (exact) mass is 278 g/mol. The van der Waals surface area contributed by atoms with E-state index in [4.69, 9.17) is 4.74 Å². The molecule has 2 saturated heterocycles. The van der Waals surface area contributed by atoms with Crippen molar-refractivity contribution in [1.82, 2.24) is 19.4 Å². The van der Waals surface area contributed by atoms with Gasteiger partial charge in [0.2, 0.25) is 0 Å². The summed E-state index contributed by atoms with van der Waals surface area (Å²) in [6, 6.07) is 0.679. The van der Waals surface area contributed by atoms with Crippen LogP contribution in [0.2, 0.25) is 0 Å². The van der Waals surface area contributed by atoms with Crippen LogP contribution in [-0.4, -0.2) is 64.8 Å². The number of aryl methyl sites for hydroxylation is 1. The zero-order chi connectivity index (χ0) is 13.8. The summed E-state index contributed by atoms with van der Waals surface area (Å²) in [6.07, 6.45) is 7.95. The summed E-state index contributed by atoms with van der Waals surface area (Å²) >= 11 is 0. The number of aromatic nitrogens is 2. The molecule has 0 N–H and O–H groups in total. The number of nitrogens with zero attached hydrogens (tertiary/aromatic N) is 4. The molecule has 112 valence electrons. The molecule has 1 aromatic rings. The maximum atomic E-state index is 5.45. The Kier molecular flexibility index (Phi) is 4.70. The lowest BCUT2D eigenvalue weighted by Gasteiger charge is -2.39. The summed E-state index contributed by atoms with van der Waals surface area (Å²) in [4.78, 5) is 9.67. The van der Waals surface area contributed by atoms with Crippen LogP contribution in [0.3, 0.4) is 0 Å². The molecule has 0 radical (unpaired) electrons. The van der Waals surface area contributed by atoms with Crippen LogP contribution in [0.1, 0.15) is 25.1 Å². The van der Waals surface area contributed by atoms with Gasteiger partial charge in [-0.1, -0.05) is 6.42 Å². The maximum Gasteiger partial charge on any atom is 0.122 e. The fourth-order valence-corrected chi connectivity index (χ4v) is 3.29. The second-order valence-corrected chi connectivity index (χ2v) is 5.99. The number of likely N-dealkylation sites (tertiary alicyclic amines) is 1.